The first-order valence-corrected chi connectivity index (χ1v) is 10.3. The molecule has 0 unspecified atom stereocenters. The zero-order chi connectivity index (χ0) is 22.5. The number of carbonyl (C=O) groups is 2. The van der Waals surface area contributed by atoms with Crippen LogP contribution in [-0.2, 0) is 16.1 Å². The Morgan fingerprint density at radius 3 is 2.78 bits per heavy atom. The van der Waals surface area contributed by atoms with Gasteiger partial charge in [-0.15, -0.1) is 0 Å². The Morgan fingerprint density at radius 2 is 2.00 bits per heavy atom. The number of nitrogens with one attached hydrogen (secondary N) is 3. The number of rotatable bonds is 7. The maximum absolute atomic E-state index is 12.7. The summed E-state index contributed by atoms with van der Waals surface area (Å²) in [7, 11) is 0. The van der Waals surface area contributed by atoms with E-state index in [9.17, 15) is 19.8 Å². The number of aliphatic hydroxyl groups excluding tert-OH is 1. The van der Waals surface area contributed by atoms with Gasteiger partial charge >= 0.3 is 0 Å². The maximum atomic E-state index is 12.7. The van der Waals surface area contributed by atoms with Crippen LogP contribution in [-0.4, -0.2) is 76.1 Å². The molecule has 2 heterocycles. The van der Waals surface area contributed by atoms with Gasteiger partial charge in [-0.25, -0.2) is 0 Å². The van der Waals surface area contributed by atoms with E-state index in [0.717, 1.165) is 29.6 Å². The summed E-state index contributed by atoms with van der Waals surface area (Å²) in [5.74, 6) is -1.17. The summed E-state index contributed by atoms with van der Waals surface area (Å²) in [5.41, 5.74) is 2.23. The Balaban J connectivity index is 1.42. The molecule has 2 amide bonds. The van der Waals surface area contributed by atoms with E-state index in [2.05, 4.69) is 25.7 Å². The maximum Gasteiger partial charge on any atom is 0.252 e. The van der Waals surface area contributed by atoms with Gasteiger partial charge in [-0.2, -0.15) is 5.10 Å². The number of anilines is 1. The molecule has 4 rings (SSSR count). The Morgan fingerprint density at radius 1 is 1.19 bits per heavy atom. The lowest BCUT2D eigenvalue weighted by Gasteiger charge is -2.26. The normalized spacial score (nSPS) is 15.4. The molecule has 0 spiro atoms. The number of aromatic hydroxyl groups is 1. The van der Waals surface area contributed by atoms with E-state index < -0.39 is 24.5 Å². The highest BCUT2D eigenvalue weighted by Crippen LogP contribution is 2.19. The molecule has 32 heavy (non-hydrogen) atoms. The van der Waals surface area contributed by atoms with Crippen LogP contribution in [0.15, 0.2) is 42.6 Å². The lowest BCUT2D eigenvalue weighted by atomic mass is 10.1. The molecule has 1 atom stereocenters. The molecule has 1 aromatic heterocycles. The number of phenolic OH excluding ortho intramolecular Hbond substituents is 1. The van der Waals surface area contributed by atoms with Crippen LogP contribution in [0.25, 0.3) is 10.9 Å². The molecule has 1 saturated heterocycles. The quantitative estimate of drug-likeness (QED) is 0.367. The van der Waals surface area contributed by atoms with E-state index in [4.69, 9.17) is 4.74 Å². The number of carbonyl (C=O) groups excluding carboxylic acids is 2. The third kappa shape index (κ3) is 5.22. The van der Waals surface area contributed by atoms with E-state index in [1.54, 1.807) is 36.5 Å². The number of hydrogen-bond donors (Lipinski definition) is 5. The van der Waals surface area contributed by atoms with Crippen LogP contribution in [0, 0.1) is 0 Å². The number of ether oxygens (including phenoxy) is 1. The number of phenols is 1. The summed E-state index contributed by atoms with van der Waals surface area (Å²) in [5, 5.41) is 32.6. The Kier molecular flexibility index (Phi) is 6.64. The largest absolute Gasteiger partial charge is 0.508 e. The van der Waals surface area contributed by atoms with E-state index in [1.807, 2.05) is 0 Å². The molecular weight excluding hydrogens is 414 g/mol. The number of amides is 2. The molecule has 10 nitrogen and oxygen atoms in total. The Hall–Kier alpha value is -3.47. The Labute approximate surface area is 184 Å². The first kappa shape index (κ1) is 21.8. The number of morpholine rings is 1. The molecule has 1 aliphatic heterocycles. The molecule has 168 valence electrons. The van der Waals surface area contributed by atoms with Gasteiger partial charge in [0.05, 0.1) is 31.5 Å². The molecule has 0 aliphatic carbocycles. The van der Waals surface area contributed by atoms with Gasteiger partial charge in [0.15, 0.2) is 0 Å². The highest BCUT2D eigenvalue weighted by Gasteiger charge is 2.22. The minimum absolute atomic E-state index is 0.0428. The molecule has 10 heteroatoms. The van der Waals surface area contributed by atoms with Gasteiger partial charge in [0.25, 0.3) is 5.91 Å². The van der Waals surface area contributed by atoms with Crippen LogP contribution in [0.4, 0.5) is 5.69 Å². The van der Waals surface area contributed by atoms with Crippen molar-refractivity contribution in [1.82, 2.24) is 20.4 Å². The lowest BCUT2D eigenvalue weighted by Crippen LogP contribution is -2.46. The first-order valence-electron chi connectivity index (χ1n) is 10.3. The van der Waals surface area contributed by atoms with Gasteiger partial charge in [-0.3, -0.25) is 19.6 Å². The average Bonchev–Trinajstić information content (AvgIpc) is 3.25. The fraction of sp³-hybridized carbons (Fsp3) is 0.318. The summed E-state index contributed by atoms with van der Waals surface area (Å²) in [6.45, 7) is 2.82. The standard InChI is InChI=1S/C22H25N5O5/c28-13-20(22(31)24-17-2-1-15-11-23-26-19(15)10-17)25-21(30)16-7-14(8-18(29)9-16)12-27-3-5-32-6-4-27/h1-2,7-11,20,28-29H,3-6,12-13H2,(H,23,26)(H,24,31)(H,25,30)/t20-/m0/s1. The molecular formula is C22H25N5O5. The van der Waals surface area contributed by atoms with Crippen molar-refractivity contribution in [2.45, 2.75) is 12.6 Å². The van der Waals surface area contributed by atoms with E-state index >= 15 is 0 Å². The number of H-pyrrole nitrogens is 1. The predicted octanol–water partition coefficient (Wildman–Crippen LogP) is 0.830. The highest BCUT2D eigenvalue weighted by atomic mass is 16.5. The molecule has 2 aromatic carbocycles. The number of aromatic nitrogens is 2. The van der Waals surface area contributed by atoms with E-state index in [1.165, 1.54) is 6.07 Å². The fourth-order valence-electron chi connectivity index (χ4n) is 3.59. The second-order valence-corrected chi connectivity index (χ2v) is 7.65. The number of nitrogens with zero attached hydrogens (tertiary/aromatic N) is 2. The third-order valence-electron chi connectivity index (χ3n) is 5.26. The molecule has 3 aromatic rings. The van der Waals surface area contributed by atoms with Crippen LogP contribution in [0.3, 0.4) is 0 Å². The topological polar surface area (TPSA) is 140 Å². The zero-order valence-corrected chi connectivity index (χ0v) is 17.4. The van der Waals surface area contributed by atoms with Crippen molar-refractivity contribution in [3.63, 3.8) is 0 Å². The van der Waals surface area contributed by atoms with Crippen LogP contribution in [0.1, 0.15) is 15.9 Å². The average molecular weight is 439 g/mol. The summed E-state index contributed by atoms with van der Waals surface area (Å²) < 4.78 is 5.34. The molecule has 0 saturated carbocycles. The monoisotopic (exact) mass is 439 g/mol. The second kappa shape index (κ2) is 9.77. The van der Waals surface area contributed by atoms with Crippen molar-refractivity contribution in [3.05, 3.63) is 53.7 Å². The lowest BCUT2D eigenvalue weighted by molar-refractivity contribution is -0.118. The second-order valence-electron chi connectivity index (χ2n) is 7.65. The van der Waals surface area contributed by atoms with Crippen LogP contribution in [0.2, 0.25) is 0 Å². The molecule has 1 aliphatic rings. The minimum atomic E-state index is -1.16. The van der Waals surface area contributed by atoms with Gasteiger partial charge < -0.3 is 25.6 Å². The van der Waals surface area contributed by atoms with Gasteiger partial charge in [0, 0.05) is 36.3 Å². The summed E-state index contributed by atoms with van der Waals surface area (Å²) >= 11 is 0. The smallest absolute Gasteiger partial charge is 0.252 e. The molecule has 0 bridgehead atoms. The Bertz CT molecular complexity index is 1110. The minimum Gasteiger partial charge on any atom is -0.508 e. The summed E-state index contributed by atoms with van der Waals surface area (Å²) in [4.78, 5) is 27.5. The van der Waals surface area contributed by atoms with Gasteiger partial charge in [0.2, 0.25) is 5.91 Å². The number of aliphatic hydroxyl groups is 1. The number of benzene rings is 2. The van der Waals surface area contributed by atoms with Gasteiger partial charge in [0.1, 0.15) is 11.8 Å². The van der Waals surface area contributed by atoms with Crippen molar-refractivity contribution in [2.24, 2.45) is 0 Å². The number of aromatic amines is 1. The fourth-order valence-corrected chi connectivity index (χ4v) is 3.59. The van der Waals surface area contributed by atoms with Crippen molar-refractivity contribution in [1.29, 1.82) is 0 Å². The first-order chi connectivity index (χ1) is 15.5. The van der Waals surface area contributed by atoms with Crippen LogP contribution < -0.4 is 10.6 Å². The van der Waals surface area contributed by atoms with Crippen molar-refractivity contribution < 1.29 is 24.5 Å². The van der Waals surface area contributed by atoms with E-state index in [0.29, 0.717) is 25.4 Å². The van der Waals surface area contributed by atoms with Gasteiger partial charge in [-0.05, 0) is 42.0 Å². The molecule has 0 radical (unpaired) electrons. The number of fused-ring (bicyclic) bond motifs is 1. The molecule has 1 fully saturated rings. The highest BCUT2D eigenvalue weighted by molar-refractivity contribution is 6.02. The van der Waals surface area contributed by atoms with Crippen molar-refractivity contribution in [3.8, 4) is 5.75 Å². The van der Waals surface area contributed by atoms with E-state index in [-0.39, 0.29) is 11.3 Å². The van der Waals surface area contributed by atoms with Crippen LogP contribution in [0.5, 0.6) is 5.75 Å². The third-order valence-corrected chi connectivity index (χ3v) is 5.26. The van der Waals surface area contributed by atoms with Crippen molar-refractivity contribution in [2.75, 3.05) is 38.2 Å². The summed E-state index contributed by atoms with van der Waals surface area (Å²) in [6.07, 6.45) is 1.67. The SMILES string of the molecule is O=C(N[C@@H](CO)C(=O)Nc1ccc2cn[nH]c2c1)c1cc(O)cc(CN2CCOCC2)c1. The summed E-state index contributed by atoms with van der Waals surface area (Å²) in [6, 6.07) is 8.66. The van der Waals surface area contributed by atoms with Crippen molar-refractivity contribution >= 4 is 28.4 Å². The van der Waals surface area contributed by atoms with Gasteiger partial charge in [-0.1, -0.05) is 0 Å². The zero-order valence-electron chi connectivity index (χ0n) is 17.4. The van der Waals surface area contributed by atoms with Crippen LogP contribution >= 0.6 is 0 Å². The number of hydrogen-bond acceptors (Lipinski definition) is 7. The predicted molar refractivity (Wildman–Crippen MR) is 117 cm³/mol. The molecule has 5 N–H and O–H groups in total.